The lowest BCUT2D eigenvalue weighted by Gasteiger charge is -2.25. The van der Waals surface area contributed by atoms with E-state index in [2.05, 4.69) is 36.6 Å². The minimum atomic E-state index is -0.680. The molecule has 0 radical (unpaired) electrons. The predicted molar refractivity (Wildman–Crippen MR) is 170 cm³/mol. The third-order valence-corrected chi connectivity index (χ3v) is 7.61. The maximum Gasteiger partial charge on any atom is 0.225 e. The molecule has 16 nitrogen and oxygen atoms in total. The number of amides is 6. The molecule has 0 aromatic heterocycles. The van der Waals surface area contributed by atoms with Gasteiger partial charge in [0.15, 0.2) is 0 Å². The van der Waals surface area contributed by atoms with Crippen molar-refractivity contribution in [1.82, 2.24) is 26.6 Å². The maximum atomic E-state index is 13.2. The Morgan fingerprint density at radius 1 is 0.711 bits per heavy atom. The van der Waals surface area contributed by atoms with E-state index in [-0.39, 0.29) is 74.6 Å². The summed E-state index contributed by atoms with van der Waals surface area (Å²) in [4.78, 5) is 76.7. The molecule has 5 atom stereocenters. The van der Waals surface area contributed by atoms with Crippen LogP contribution >= 0.6 is 0 Å². The monoisotopic (exact) mass is 638 g/mol. The van der Waals surface area contributed by atoms with Gasteiger partial charge in [-0.1, -0.05) is 32.8 Å². The number of carbonyl (C=O) groups is 6. The average molecular weight is 639 g/mol. The minimum absolute atomic E-state index is 0.00602. The molecule has 0 aliphatic rings. The highest BCUT2D eigenvalue weighted by Crippen LogP contribution is 2.26. The molecule has 0 aromatic carbocycles. The van der Waals surface area contributed by atoms with Gasteiger partial charge in [-0.25, -0.2) is 0 Å². The number of rotatable bonds is 25. The molecule has 0 saturated heterocycles. The largest absolute Gasteiger partial charge is 0.369 e. The highest BCUT2D eigenvalue weighted by Gasteiger charge is 2.30. The first-order valence-electron chi connectivity index (χ1n) is 15.7. The van der Waals surface area contributed by atoms with Crippen molar-refractivity contribution in [3.63, 3.8) is 0 Å². The van der Waals surface area contributed by atoms with Crippen LogP contribution in [0, 0.1) is 29.6 Å². The minimum Gasteiger partial charge on any atom is -0.369 e. The summed E-state index contributed by atoms with van der Waals surface area (Å²) in [5.41, 5.74) is 19.3. The van der Waals surface area contributed by atoms with Gasteiger partial charge >= 0.3 is 0 Å². The molecule has 256 valence electrons. The normalized spacial score (nSPS) is 14.0. The number of hydrogen-bond donors (Lipinski definition) is 7. The number of nitrogens with zero attached hydrogens (tertiary/aromatic N) is 3. The Bertz CT molecular complexity index is 1000. The lowest BCUT2D eigenvalue weighted by Crippen LogP contribution is -2.42. The molecule has 0 saturated carbocycles. The highest BCUT2D eigenvalue weighted by atomic mass is 16.2. The topological polar surface area (TPSA) is 263 Å². The van der Waals surface area contributed by atoms with E-state index in [4.69, 9.17) is 17.0 Å². The molecular weight excluding hydrogens is 584 g/mol. The van der Waals surface area contributed by atoms with Crippen LogP contribution in [0.25, 0.3) is 10.4 Å². The smallest absolute Gasteiger partial charge is 0.225 e. The molecule has 0 heterocycles. The SMILES string of the molecule is CCC(C)C(=O)NCNC(=O)C(C)CCC(CC(CC(C)C(N)=O)C(=O)NCCCCCNC(=O)CN=[N+]=[N-])C(=O)NCCN. The molecule has 0 aliphatic carbocycles. The summed E-state index contributed by atoms with van der Waals surface area (Å²) in [6.07, 6.45) is 3.68. The van der Waals surface area contributed by atoms with Crippen molar-refractivity contribution < 1.29 is 28.8 Å². The van der Waals surface area contributed by atoms with Crippen molar-refractivity contribution >= 4 is 35.4 Å². The Labute approximate surface area is 265 Å². The summed E-state index contributed by atoms with van der Waals surface area (Å²) in [7, 11) is 0. The molecule has 0 aliphatic heterocycles. The fourth-order valence-corrected chi connectivity index (χ4v) is 4.39. The van der Waals surface area contributed by atoms with Crippen molar-refractivity contribution in [2.75, 3.05) is 39.4 Å². The van der Waals surface area contributed by atoms with Gasteiger partial charge in [0.25, 0.3) is 0 Å². The van der Waals surface area contributed by atoms with Gasteiger partial charge in [0.2, 0.25) is 35.4 Å². The van der Waals surface area contributed by atoms with Gasteiger partial charge in [0.05, 0.1) is 6.67 Å². The van der Waals surface area contributed by atoms with Gasteiger partial charge in [-0.15, -0.1) is 0 Å². The van der Waals surface area contributed by atoms with Crippen molar-refractivity contribution in [2.24, 2.45) is 46.2 Å². The Kier molecular flexibility index (Phi) is 22.3. The lowest BCUT2D eigenvalue weighted by molar-refractivity contribution is -0.131. The number of unbranched alkanes of at least 4 members (excludes halogenated alkanes) is 2. The number of azide groups is 1. The maximum absolute atomic E-state index is 13.2. The summed E-state index contributed by atoms with van der Waals surface area (Å²) in [6.45, 7) is 8.08. The molecule has 0 aromatic rings. The van der Waals surface area contributed by atoms with E-state index in [1.807, 2.05) is 6.92 Å². The molecule has 0 spiro atoms. The predicted octanol–water partition coefficient (Wildman–Crippen LogP) is 0.561. The summed E-state index contributed by atoms with van der Waals surface area (Å²) in [5.74, 6) is -4.45. The molecule has 5 unspecified atom stereocenters. The van der Waals surface area contributed by atoms with Crippen LogP contribution in [0.1, 0.15) is 79.1 Å². The fraction of sp³-hybridized carbons (Fsp3) is 0.793. The Hall–Kier alpha value is -3.91. The van der Waals surface area contributed by atoms with Crippen LogP contribution in [0.5, 0.6) is 0 Å². The Balaban J connectivity index is 5.20. The first-order chi connectivity index (χ1) is 21.4. The first kappa shape index (κ1) is 41.1. The number of nitrogens with two attached hydrogens (primary N) is 2. The standard InChI is InChI=1S/C29H54N10O6/c1-5-19(2)26(42)36-18-37-27(43)20(3)9-10-22(28(44)35-14-11-30)16-23(15-21(4)25(31)41)29(45)34-13-8-6-7-12-33-24(40)17-38-39-32/h19-23H,5-18,30H2,1-4H3,(H2,31,41)(H,33,40)(H,34,45)(H,35,44)(H,36,42)(H,37,43). The Morgan fingerprint density at radius 3 is 1.87 bits per heavy atom. The number of nitrogens with one attached hydrogen (secondary N) is 5. The lowest BCUT2D eigenvalue weighted by atomic mass is 9.83. The number of carbonyl (C=O) groups excluding carboxylic acids is 6. The van der Waals surface area contributed by atoms with Crippen LogP contribution in [0.15, 0.2) is 5.11 Å². The van der Waals surface area contributed by atoms with Crippen LogP contribution in [0.3, 0.4) is 0 Å². The second-order valence-corrected chi connectivity index (χ2v) is 11.4. The highest BCUT2D eigenvalue weighted by molar-refractivity contribution is 5.83. The van der Waals surface area contributed by atoms with Gasteiger partial charge in [-0.2, -0.15) is 0 Å². The third-order valence-electron chi connectivity index (χ3n) is 7.61. The second-order valence-electron chi connectivity index (χ2n) is 11.4. The number of hydrogen-bond acceptors (Lipinski definition) is 8. The molecule has 16 heteroatoms. The molecule has 0 fully saturated rings. The average Bonchev–Trinajstić information content (AvgIpc) is 3.02. The van der Waals surface area contributed by atoms with E-state index in [9.17, 15) is 28.8 Å². The van der Waals surface area contributed by atoms with E-state index in [0.717, 1.165) is 6.42 Å². The Morgan fingerprint density at radius 2 is 1.29 bits per heavy atom. The zero-order valence-corrected chi connectivity index (χ0v) is 27.2. The molecular formula is C29H54N10O6. The van der Waals surface area contributed by atoms with Crippen molar-refractivity contribution in [1.29, 1.82) is 0 Å². The van der Waals surface area contributed by atoms with Gasteiger partial charge in [0, 0.05) is 60.7 Å². The van der Waals surface area contributed by atoms with Gasteiger partial charge in [0.1, 0.15) is 6.54 Å². The van der Waals surface area contributed by atoms with Crippen molar-refractivity contribution in [3.05, 3.63) is 10.4 Å². The van der Waals surface area contributed by atoms with Gasteiger partial charge in [-0.3, -0.25) is 28.8 Å². The zero-order valence-electron chi connectivity index (χ0n) is 27.2. The molecule has 9 N–H and O–H groups in total. The first-order valence-corrected chi connectivity index (χ1v) is 15.7. The van der Waals surface area contributed by atoms with Crippen LogP contribution < -0.4 is 38.1 Å². The molecule has 45 heavy (non-hydrogen) atoms. The third kappa shape index (κ3) is 19.2. The van der Waals surface area contributed by atoms with Gasteiger partial charge < -0.3 is 38.1 Å². The van der Waals surface area contributed by atoms with E-state index in [1.54, 1.807) is 20.8 Å². The van der Waals surface area contributed by atoms with E-state index >= 15 is 0 Å². The fourth-order valence-electron chi connectivity index (χ4n) is 4.39. The van der Waals surface area contributed by atoms with Crippen LogP contribution in [-0.2, 0) is 28.8 Å². The quantitative estimate of drug-likeness (QED) is 0.0245. The summed E-state index contributed by atoms with van der Waals surface area (Å²) in [5, 5.41) is 16.9. The molecule has 6 amide bonds. The van der Waals surface area contributed by atoms with Crippen molar-refractivity contribution in [3.8, 4) is 0 Å². The van der Waals surface area contributed by atoms with E-state index < -0.39 is 29.6 Å². The van der Waals surface area contributed by atoms with Gasteiger partial charge in [-0.05, 0) is 56.9 Å². The van der Waals surface area contributed by atoms with E-state index in [1.165, 1.54) is 0 Å². The molecule has 0 rings (SSSR count). The zero-order chi connectivity index (χ0) is 34.2. The van der Waals surface area contributed by atoms with Crippen LogP contribution in [0.4, 0.5) is 0 Å². The number of primary amides is 1. The van der Waals surface area contributed by atoms with Crippen molar-refractivity contribution in [2.45, 2.75) is 79.1 Å². The van der Waals surface area contributed by atoms with E-state index in [0.29, 0.717) is 45.2 Å². The summed E-state index contributed by atoms with van der Waals surface area (Å²) >= 11 is 0. The summed E-state index contributed by atoms with van der Waals surface area (Å²) < 4.78 is 0. The second kappa shape index (κ2) is 24.4. The summed E-state index contributed by atoms with van der Waals surface area (Å²) in [6, 6.07) is 0. The molecule has 0 bridgehead atoms. The van der Waals surface area contributed by atoms with Crippen LogP contribution in [0.2, 0.25) is 0 Å². The van der Waals surface area contributed by atoms with Crippen LogP contribution in [-0.4, -0.2) is 74.8 Å².